The molecule has 0 saturated heterocycles. The van der Waals surface area contributed by atoms with Gasteiger partial charge in [0, 0.05) is 11.1 Å². The molecule has 1 aromatic carbocycles. The van der Waals surface area contributed by atoms with Crippen molar-refractivity contribution >= 4 is 17.6 Å². The summed E-state index contributed by atoms with van der Waals surface area (Å²) in [7, 11) is 0. The summed E-state index contributed by atoms with van der Waals surface area (Å²) in [6, 6.07) is 7.41. The minimum absolute atomic E-state index is 0.0325. The van der Waals surface area contributed by atoms with Gasteiger partial charge in [0.2, 0.25) is 0 Å². The van der Waals surface area contributed by atoms with Crippen molar-refractivity contribution in [1.29, 1.82) is 0 Å². The Kier molecular flexibility index (Phi) is 5.17. The monoisotopic (exact) mass is 269 g/mol. The molecule has 0 fully saturated rings. The summed E-state index contributed by atoms with van der Waals surface area (Å²) in [5.41, 5.74) is 0.135. The Hall–Kier alpha value is -1.06. The molecule has 0 aliphatic heterocycles. The second-order valence-electron chi connectivity index (χ2n) is 4.80. The van der Waals surface area contributed by atoms with Gasteiger partial charge in [-0.15, -0.1) is 0 Å². The van der Waals surface area contributed by atoms with Crippen molar-refractivity contribution in [2.24, 2.45) is 0 Å². The van der Waals surface area contributed by atoms with Gasteiger partial charge in [-0.05, 0) is 38.0 Å². The van der Waals surface area contributed by atoms with E-state index in [1.807, 2.05) is 38.1 Å². The maximum absolute atomic E-state index is 11.3. The molecular weight excluding hydrogens is 250 g/mol. The Morgan fingerprint density at radius 1 is 1.44 bits per heavy atom. The SMILES string of the molecule is CCCC(C)(NC(C)c1ccc(Cl)cc1)C(=O)O. The van der Waals surface area contributed by atoms with Gasteiger partial charge in [0.25, 0.3) is 0 Å². The highest BCUT2D eigenvalue weighted by molar-refractivity contribution is 6.30. The van der Waals surface area contributed by atoms with Gasteiger partial charge in [-0.2, -0.15) is 0 Å². The van der Waals surface area contributed by atoms with Gasteiger partial charge < -0.3 is 5.11 Å². The Balaban J connectivity index is 2.81. The lowest BCUT2D eigenvalue weighted by atomic mass is 9.94. The molecule has 2 N–H and O–H groups in total. The Morgan fingerprint density at radius 2 is 2.00 bits per heavy atom. The lowest BCUT2D eigenvalue weighted by Crippen LogP contribution is -2.50. The fourth-order valence-electron chi connectivity index (χ4n) is 2.05. The maximum atomic E-state index is 11.3. The van der Waals surface area contributed by atoms with Crippen molar-refractivity contribution in [2.45, 2.75) is 45.2 Å². The van der Waals surface area contributed by atoms with Crippen LogP contribution in [0.5, 0.6) is 0 Å². The highest BCUT2D eigenvalue weighted by Gasteiger charge is 2.33. The average molecular weight is 270 g/mol. The van der Waals surface area contributed by atoms with E-state index in [1.165, 1.54) is 0 Å². The number of halogens is 1. The Bertz CT molecular complexity index is 405. The lowest BCUT2D eigenvalue weighted by molar-refractivity contribution is -0.144. The van der Waals surface area contributed by atoms with Gasteiger partial charge in [-0.1, -0.05) is 37.1 Å². The first-order valence-electron chi connectivity index (χ1n) is 6.15. The predicted molar refractivity (Wildman–Crippen MR) is 74.0 cm³/mol. The Morgan fingerprint density at radius 3 is 2.44 bits per heavy atom. The Labute approximate surface area is 113 Å². The van der Waals surface area contributed by atoms with Crippen molar-refractivity contribution in [2.75, 3.05) is 0 Å². The highest BCUT2D eigenvalue weighted by atomic mass is 35.5. The van der Waals surface area contributed by atoms with Crippen molar-refractivity contribution in [3.05, 3.63) is 34.9 Å². The molecule has 0 bridgehead atoms. The van der Waals surface area contributed by atoms with Crippen LogP contribution in [0.3, 0.4) is 0 Å². The number of carboxylic acids is 1. The summed E-state index contributed by atoms with van der Waals surface area (Å²) in [4.78, 5) is 11.3. The van der Waals surface area contributed by atoms with Crippen LogP contribution in [0.1, 0.15) is 45.2 Å². The molecule has 1 aromatic rings. The molecule has 0 saturated carbocycles. The molecule has 0 aliphatic carbocycles. The molecule has 4 heteroatoms. The fourth-order valence-corrected chi connectivity index (χ4v) is 2.18. The molecule has 18 heavy (non-hydrogen) atoms. The van der Waals surface area contributed by atoms with Crippen LogP contribution in [0.15, 0.2) is 24.3 Å². The van der Waals surface area contributed by atoms with E-state index in [9.17, 15) is 9.90 Å². The minimum Gasteiger partial charge on any atom is -0.480 e. The number of carbonyl (C=O) groups is 1. The highest BCUT2D eigenvalue weighted by Crippen LogP contribution is 2.21. The van der Waals surface area contributed by atoms with E-state index in [-0.39, 0.29) is 6.04 Å². The largest absolute Gasteiger partial charge is 0.480 e. The average Bonchev–Trinajstić information content (AvgIpc) is 2.29. The summed E-state index contributed by atoms with van der Waals surface area (Å²) in [5.74, 6) is -0.815. The van der Waals surface area contributed by atoms with Crippen molar-refractivity contribution in [3.8, 4) is 0 Å². The first kappa shape index (κ1) is 15.0. The summed E-state index contributed by atoms with van der Waals surface area (Å²) in [6.07, 6.45) is 1.42. The third-order valence-electron chi connectivity index (χ3n) is 3.13. The summed E-state index contributed by atoms with van der Waals surface area (Å²) in [5, 5.41) is 13.2. The van der Waals surface area contributed by atoms with E-state index < -0.39 is 11.5 Å². The zero-order valence-corrected chi connectivity index (χ0v) is 11.8. The third-order valence-corrected chi connectivity index (χ3v) is 3.38. The molecular formula is C14H20ClNO2. The van der Waals surface area contributed by atoms with Gasteiger partial charge >= 0.3 is 5.97 Å². The quantitative estimate of drug-likeness (QED) is 0.829. The third kappa shape index (κ3) is 3.72. The topological polar surface area (TPSA) is 49.3 Å². The molecule has 0 amide bonds. The van der Waals surface area contributed by atoms with Crippen LogP contribution in [-0.2, 0) is 4.79 Å². The standard InChI is InChI=1S/C14H20ClNO2/c1-4-9-14(3,13(17)18)16-10(2)11-5-7-12(15)8-6-11/h5-8,10,16H,4,9H2,1-3H3,(H,17,18). The maximum Gasteiger partial charge on any atom is 0.323 e. The van der Waals surface area contributed by atoms with E-state index in [0.29, 0.717) is 11.4 Å². The number of rotatable bonds is 6. The summed E-state index contributed by atoms with van der Waals surface area (Å²) < 4.78 is 0. The molecule has 2 atom stereocenters. The molecule has 0 heterocycles. The van der Waals surface area contributed by atoms with E-state index >= 15 is 0 Å². The normalized spacial score (nSPS) is 16.0. The van der Waals surface area contributed by atoms with Crippen LogP contribution in [0, 0.1) is 0 Å². The summed E-state index contributed by atoms with van der Waals surface area (Å²) >= 11 is 5.84. The van der Waals surface area contributed by atoms with E-state index in [4.69, 9.17) is 11.6 Å². The number of nitrogens with one attached hydrogen (secondary N) is 1. The predicted octanol–water partition coefficient (Wildman–Crippen LogP) is 3.63. The molecule has 2 unspecified atom stereocenters. The lowest BCUT2D eigenvalue weighted by Gasteiger charge is -2.30. The van der Waals surface area contributed by atoms with E-state index in [2.05, 4.69) is 5.32 Å². The smallest absolute Gasteiger partial charge is 0.323 e. The van der Waals surface area contributed by atoms with Crippen LogP contribution in [0.2, 0.25) is 5.02 Å². The van der Waals surface area contributed by atoms with Crippen molar-refractivity contribution < 1.29 is 9.90 Å². The first-order chi connectivity index (χ1) is 8.39. The zero-order chi connectivity index (χ0) is 13.8. The molecule has 0 aliphatic rings. The second kappa shape index (κ2) is 6.21. The van der Waals surface area contributed by atoms with Crippen LogP contribution in [0.25, 0.3) is 0 Å². The number of hydrogen-bond acceptors (Lipinski definition) is 2. The minimum atomic E-state index is -0.895. The van der Waals surface area contributed by atoms with Gasteiger partial charge in [0.1, 0.15) is 5.54 Å². The molecule has 0 radical (unpaired) electrons. The van der Waals surface area contributed by atoms with Gasteiger partial charge in [0.05, 0.1) is 0 Å². The van der Waals surface area contributed by atoms with E-state index in [1.54, 1.807) is 6.92 Å². The van der Waals surface area contributed by atoms with Crippen LogP contribution in [0.4, 0.5) is 0 Å². The molecule has 1 rings (SSSR count). The van der Waals surface area contributed by atoms with E-state index in [0.717, 1.165) is 12.0 Å². The zero-order valence-electron chi connectivity index (χ0n) is 11.0. The number of benzene rings is 1. The summed E-state index contributed by atoms with van der Waals surface area (Å²) in [6.45, 7) is 5.67. The molecule has 3 nitrogen and oxygen atoms in total. The van der Waals surface area contributed by atoms with Crippen molar-refractivity contribution in [3.63, 3.8) is 0 Å². The molecule has 0 spiro atoms. The number of hydrogen-bond donors (Lipinski definition) is 2. The van der Waals surface area contributed by atoms with Crippen molar-refractivity contribution in [1.82, 2.24) is 5.32 Å². The first-order valence-corrected chi connectivity index (χ1v) is 6.53. The van der Waals surface area contributed by atoms with Crippen LogP contribution < -0.4 is 5.32 Å². The second-order valence-corrected chi connectivity index (χ2v) is 5.24. The number of carboxylic acid groups (broad SMARTS) is 1. The molecule has 0 aromatic heterocycles. The van der Waals surface area contributed by atoms with Gasteiger partial charge in [-0.25, -0.2) is 0 Å². The molecule has 100 valence electrons. The van der Waals surface area contributed by atoms with Crippen LogP contribution >= 0.6 is 11.6 Å². The number of aliphatic carboxylic acids is 1. The van der Waals surface area contributed by atoms with Gasteiger partial charge in [-0.3, -0.25) is 10.1 Å². The van der Waals surface area contributed by atoms with Crippen LogP contribution in [-0.4, -0.2) is 16.6 Å². The fraction of sp³-hybridized carbons (Fsp3) is 0.500. The van der Waals surface area contributed by atoms with Gasteiger partial charge in [0.15, 0.2) is 0 Å².